The van der Waals surface area contributed by atoms with Gasteiger partial charge in [0.05, 0.1) is 11.7 Å². The SMILES string of the molecule is O=C(Nc1cccnc1Br)[C@@H]1CCCCN1. The minimum absolute atomic E-state index is 0.0217. The Morgan fingerprint density at radius 1 is 1.56 bits per heavy atom. The monoisotopic (exact) mass is 283 g/mol. The van der Waals surface area contributed by atoms with Crippen LogP contribution in [0.2, 0.25) is 0 Å². The van der Waals surface area contributed by atoms with Gasteiger partial charge in [0.25, 0.3) is 0 Å². The molecule has 2 heterocycles. The number of piperidine rings is 1. The first-order valence-electron chi connectivity index (χ1n) is 5.42. The molecule has 0 spiro atoms. The minimum Gasteiger partial charge on any atom is -0.322 e. The first-order valence-corrected chi connectivity index (χ1v) is 6.21. The topological polar surface area (TPSA) is 54.0 Å². The van der Waals surface area contributed by atoms with E-state index < -0.39 is 0 Å². The highest BCUT2D eigenvalue weighted by Crippen LogP contribution is 2.19. The van der Waals surface area contributed by atoms with Gasteiger partial charge in [-0.1, -0.05) is 6.42 Å². The van der Waals surface area contributed by atoms with Crippen LogP contribution in [0.1, 0.15) is 19.3 Å². The van der Waals surface area contributed by atoms with E-state index in [1.165, 1.54) is 0 Å². The van der Waals surface area contributed by atoms with Gasteiger partial charge < -0.3 is 10.6 Å². The van der Waals surface area contributed by atoms with E-state index in [-0.39, 0.29) is 11.9 Å². The van der Waals surface area contributed by atoms with E-state index in [0.717, 1.165) is 31.5 Å². The molecule has 2 N–H and O–H groups in total. The highest BCUT2D eigenvalue weighted by molar-refractivity contribution is 9.10. The van der Waals surface area contributed by atoms with Crippen LogP contribution in [-0.4, -0.2) is 23.5 Å². The Hall–Kier alpha value is -0.940. The predicted molar refractivity (Wildman–Crippen MR) is 66.2 cm³/mol. The third kappa shape index (κ3) is 2.80. The van der Waals surface area contributed by atoms with Crippen molar-refractivity contribution >= 4 is 27.5 Å². The minimum atomic E-state index is -0.0687. The molecule has 86 valence electrons. The number of nitrogens with one attached hydrogen (secondary N) is 2. The van der Waals surface area contributed by atoms with Gasteiger partial charge in [-0.2, -0.15) is 0 Å². The van der Waals surface area contributed by atoms with Gasteiger partial charge in [-0.3, -0.25) is 4.79 Å². The van der Waals surface area contributed by atoms with Crippen LogP contribution < -0.4 is 10.6 Å². The molecule has 1 amide bonds. The van der Waals surface area contributed by atoms with Crippen molar-refractivity contribution in [2.24, 2.45) is 0 Å². The van der Waals surface area contributed by atoms with Crippen molar-refractivity contribution in [3.63, 3.8) is 0 Å². The molecule has 2 rings (SSSR count). The molecule has 0 unspecified atom stereocenters. The number of amides is 1. The number of aromatic nitrogens is 1. The molecule has 1 aliphatic heterocycles. The zero-order valence-corrected chi connectivity index (χ0v) is 10.5. The second-order valence-electron chi connectivity index (χ2n) is 3.83. The van der Waals surface area contributed by atoms with E-state index >= 15 is 0 Å². The Balaban J connectivity index is 1.99. The molecule has 1 fully saturated rings. The molecule has 0 saturated carbocycles. The zero-order chi connectivity index (χ0) is 11.4. The molecule has 1 aliphatic rings. The molecule has 1 saturated heterocycles. The van der Waals surface area contributed by atoms with E-state index in [9.17, 15) is 4.79 Å². The lowest BCUT2D eigenvalue weighted by molar-refractivity contribution is -0.118. The molecule has 1 atom stereocenters. The average molecular weight is 284 g/mol. The lowest BCUT2D eigenvalue weighted by Crippen LogP contribution is -2.43. The Bertz CT molecular complexity index is 377. The molecular formula is C11H14BrN3O. The molecule has 5 heteroatoms. The third-order valence-electron chi connectivity index (χ3n) is 2.64. The van der Waals surface area contributed by atoms with Crippen LogP contribution in [0.4, 0.5) is 5.69 Å². The number of carbonyl (C=O) groups is 1. The number of hydrogen-bond donors (Lipinski definition) is 2. The number of hydrogen-bond acceptors (Lipinski definition) is 3. The standard InChI is InChI=1S/C11H14BrN3O/c12-10-8(5-3-7-14-10)15-11(16)9-4-1-2-6-13-9/h3,5,7,9,13H,1-2,4,6H2,(H,15,16)/t9-/m0/s1. The van der Waals surface area contributed by atoms with E-state index in [1.807, 2.05) is 6.07 Å². The van der Waals surface area contributed by atoms with Crippen LogP contribution in [0.25, 0.3) is 0 Å². The van der Waals surface area contributed by atoms with Crippen LogP contribution in [0.5, 0.6) is 0 Å². The first-order chi connectivity index (χ1) is 7.77. The van der Waals surface area contributed by atoms with Gasteiger partial charge in [0.15, 0.2) is 0 Å². The maximum absolute atomic E-state index is 11.9. The highest BCUT2D eigenvalue weighted by Gasteiger charge is 2.20. The van der Waals surface area contributed by atoms with Crippen molar-refractivity contribution in [1.29, 1.82) is 0 Å². The molecule has 0 radical (unpaired) electrons. The summed E-state index contributed by atoms with van der Waals surface area (Å²) in [6.45, 7) is 0.923. The molecule has 1 aromatic rings. The number of halogens is 1. The molecule has 1 aromatic heterocycles. The first kappa shape index (κ1) is 11.5. The highest BCUT2D eigenvalue weighted by atomic mass is 79.9. The number of rotatable bonds is 2. The largest absolute Gasteiger partial charge is 0.322 e. The van der Waals surface area contributed by atoms with Crippen molar-refractivity contribution in [3.8, 4) is 0 Å². The molecule has 0 aliphatic carbocycles. The fourth-order valence-corrected chi connectivity index (χ4v) is 2.12. The molecule has 4 nitrogen and oxygen atoms in total. The number of carbonyl (C=O) groups excluding carboxylic acids is 1. The van der Waals surface area contributed by atoms with Gasteiger partial charge in [0, 0.05) is 6.20 Å². The van der Waals surface area contributed by atoms with Crippen molar-refractivity contribution in [1.82, 2.24) is 10.3 Å². The fraction of sp³-hybridized carbons (Fsp3) is 0.455. The van der Waals surface area contributed by atoms with Gasteiger partial charge in [0.2, 0.25) is 5.91 Å². The van der Waals surface area contributed by atoms with Gasteiger partial charge in [0.1, 0.15) is 4.60 Å². The van der Waals surface area contributed by atoms with E-state index in [0.29, 0.717) is 4.60 Å². The maximum Gasteiger partial charge on any atom is 0.241 e. The summed E-state index contributed by atoms with van der Waals surface area (Å²) in [6, 6.07) is 3.56. The summed E-state index contributed by atoms with van der Waals surface area (Å²) in [5.74, 6) is 0.0217. The third-order valence-corrected chi connectivity index (χ3v) is 3.28. The van der Waals surface area contributed by atoms with E-state index in [4.69, 9.17) is 0 Å². The summed E-state index contributed by atoms with van der Waals surface area (Å²) < 4.78 is 0.666. The van der Waals surface area contributed by atoms with Crippen LogP contribution in [0.15, 0.2) is 22.9 Å². The summed E-state index contributed by atoms with van der Waals surface area (Å²) in [4.78, 5) is 16.0. The van der Waals surface area contributed by atoms with Crippen molar-refractivity contribution < 1.29 is 4.79 Å². The Morgan fingerprint density at radius 2 is 2.44 bits per heavy atom. The van der Waals surface area contributed by atoms with Crippen LogP contribution in [0.3, 0.4) is 0 Å². The van der Waals surface area contributed by atoms with E-state index in [2.05, 4.69) is 31.5 Å². The maximum atomic E-state index is 11.9. The van der Waals surface area contributed by atoms with Crippen molar-refractivity contribution in [2.75, 3.05) is 11.9 Å². The Labute approximate surface area is 103 Å². The fourth-order valence-electron chi connectivity index (χ4n) is 1.77. The van der Waals surface area contributed by atoms with Gasteiger partial charge in [-0.05, 0) is 47.4 Å². The number of anilines is 1. The molecule has 16 heavy (non-hydrogen) atoms. The summed E-state index contributed by atoms with van der Waals surface area (Å²) in [7, 11) is 0. The Morgan fingerprint density at radius 3 is 3.12 bits per heavy atom. The molecule has 0 aromatic carbocycles. The number of pyridine rings is 1. The zero-order valence-electron chi connectivity index (χ0n) is 8.87. The molecular weight excluding hydrogens is 270 g/mol. The van der Waals surface area contributed by atoms with Crippen molar-refractivity contribution in [2.45, 2.75) is 25.3 Å². The molecule has 0 bridgehead atoms. The second-order valence-corrected chi connectivity index (χ2v) is 4.58. The summed E-state index contributed by atoms with van der Waals surface area (Å²) in [5.41, 5.74) is 0.722. The van der Waals surface area contributed by atoms with Crippen LogP contribution >= 0.6 is 15.9 Å². The van der Waals surface area contributed by atoms with Gasteiger partial charge in [-0.15, -0.1) is 0 Å². The smallest absolute Gasteiger partial charge is 0.241 e. The quantitative estimate of drug-likeness (QED) is 0.816. The summed E-state index contributed by atoms with van der Waals surface area (Å²) in [6.07, 6.45) is 4.85. The normalized spacial score (nSPS) is 20.4. The predicted octanol–water partition coefficient (Wildman–Crippen LogP) is 1.92. The summed E-state index contributed by atoms with van der Waals surface area (Å²) >= 11 is 3.30. The van der Waals surface area contributed by atoms with Crippen LogP contribution in [0, 0.1) is 0 Å². The van der Waals surface area contributed by atoms with E-state index in [1.54, 1.807) is 12.3 Å². The van der Waals surface area contributed by atoms with Gasteiger partial charge in [-0.25, -0.2) is 4.98 Å². The second kappa shape index (κ2) is 5.41. The average Bonchev–Trinajstić information content (AvgIpc) is 2.33. The van der Waals surface area contributed by atoms with Gasteiger partial charge >= 0.3 is 0 Å². The van der Waals surface area contributed by atoms with Crippen molar-refractivity contribution in [3.05, 3.63) is 22.9 Å². The summed E-state index contributed by atoms with van der Waals surface area (Å²) in [5, 5.41) is 6.08. The Kier molecular flexibility index (Phi) is 3.90. The number of nitrogens with zero attached hydrogens (tertiary/aromatic N) is 1. The van der Waals surface area contributed by atoms with Crippen LogP contribution in [-0.2, 0) is 4.79 Å². The lowest BCUT2D eigenvalue weighted by Gasteiger charge is -2.22. The lowest BCUT2D eigenvalue weighted by atomic mass is 10.0.